The van der Waals surface area contributed by atoms with Crippen LogP contribution in [-0.4, -0.2) is 30.2 Å². The van der Waals surface area contributed by atoms with Gasteiger partial charge >= 0.3 is 5.97 Å². The average Bonchev–Trinajstić information content (AvgIpc) is 2.26. The first-order valence-electron chi connectivity index (χ1n) is 4.38. The first-order valence-corrected chi connectivity index (χ1v) is 5.60. The van der Waals surface area contributed by atoms with E-state index < -0.39 is 11.3 Å². The van der Waals surface area contributed by atoms with Gasteiger partial charge < -0.3 is 14.6 Å². The molecule has 0 bridgehead atoms. The van der Waals surface area contributed by atoms with E-state index in [0.29, 0.717) is 16.0 Å². The Hall–Kier alpha value is -0.940. The second-order valence-corrected chi connectivity index (χ2v) is 4.29. The maximum atomic E-state index is 10.5. The van der Waals surface area contributed by atoms with Crippen molar-refractivity contribution < 1.29 is 19.4 Å². The largest absolute Gasteiger partial charge is 0.497 e. The minimum absolute atomic E-state index is 0.0954. The van der Waals surface area contributed by atoms with Crippen LogP contribution in [0.5, 0.6) is 11.5 Å². The van der Waals surface area contributed by atoms with Gasteiger partial charge in [0.15, 0.2) is 5.38 Å². The van der Waals surface area contributed by atoms with Crippen molar-refractivity contribution in [3.05, 3.63) is 22.7 Å². The fraction of sp³-hybridized carbons (Fsp3) is 0.300. The van der Waals surface area contributed by atoms with Crippen molar-refractivity contribution in [3.63, 3.8) is 0 Å². The van der Waals surface area contributed by atoms with Crippen molar-refractivity contribution in [1.29, 1.82) is 0 Å². The van der Waals surface area contributed by atoms with Crippen LogP contribution < -0.4 is 9.47 Å². The molecule has 0 saturated carbocycles. The van der Waals surface area contributed by atoms with E-state index in [1.165, 1.54) is 0 Å². The molecule has 0 heterocycles. The molecule has 0 radical (unpaired) electrons. The molecule has 1 N–H and O–H groups in total. The molecule has 1 aromatic rings. The molecule has 0 aliphatic rings. The fourth-order valence-corrected chi connectivity index (χ4v) is 1.50. The lowest BCUT2D eigenvalue weighted by Gasteiger charge is -2.10. The Labute approximate surface area is 106 Å². The van der Waals surface area contributed by atoms with Gasteiger partial charge in [0, 0.05) is 0 Å². The standard InChI is InChI=1S/C10H10BrClO4/c1-15-6-2-3-9(7(11)4-6)16-5-8(12)10(13)14/h2-4,8H,5H2,1H3,(H,13,14). The number of rotatable bonds is 5. The Morgan fingerprint density at radius 3 is 2.81 bits per heavy atom. The van der Waals surface area contributed by atoms with Gasteiger partial charge in [-0.15, -0.1) is 11.6 Å². The van der Waals surface area contributed by atoms with Crippen LogP contribution in [0.15, 0.2) is 22.7 Å². The number of methoxy groups -OCH3 is 1. The first kappa shape index (κ1) is 13.1. The van der Waals surface area contributed by atoms with Crippen LogP contribution in [0, 0.1) is 0 Å². The van der Waals surface area contributed by atoms with Crippen molar-refractivity contribution in [2.45, 2.75) is 5.38 Å². The summed E-state index contributed by atoms with van der Waals surface area (Å²) in [4.78, 5) is 10.5. The third-order valence-electron chi connectivity index (χ3n) is 1.79. The smallest absolute Gasteiger partial charge is 0.325 e. The van der Waals surface area contributed by atoms with Crippen molar-refractivity contribution in [3.8, 4) is 11.5 Å². The van der Waals surface area contributed by atoms with Gasteiger partial charge in [-0.1, -0.05) is 0 Å². The van der Waals surface area contributed by atoms with Crippen LogP contribution in [0.25, 0.3) is 0 Å². The van der Waals surface area contributed by atoms with E-state index in [-0.39, 0.29) is 6.61 Å². The second-order valence-electron chi connectivity index (χ2n) is 2.91. The van der Waals surface area contributed by atoms with Crippen molar-refractivity contribution in [2.75, 3.05) is 13.7 Å². The van der Waals surface area contributed by atoms with E-state index >= 15 is 0 Å². The predicted molar refractivity (Wildman–Crippen MR) is 63.5 cm³/mol. The normalized spacial score (nSPS) is 11.9. The molecule has 0 aromatic heterocycles. The average molecular weight is 310 g/mol. The Kier molecular flexibility index (Phi) is 4.89. The molecule has 4 nitrogen and oxygen atoms in total. The van der Waals surface area contributed by atoms with Gasteiger partial charge in [0.2, 0.25) is 0 Å². The van der Waals surface area contributed by atoms with Gasteiger partial charge in [0.25, 0.3) is 0 Å². The molecule has 0 spiro atoms. The number of hydrogen-bond donors (Lipinski definition) is 1. The Morgan fingerprint density at radius 1 is 1.62 bits per heavy atom. The summed E-state index contributed by atoms with van der Waals surface area (Å²) in [6.07, 6.45) is 0. The molecule has 0 saturated heterocycles. The fourth-order valence-electron chi connectivity index (χ4n) is 0.960. The number of aliphatic carboxylic acids is 1. The molecule has 6 heteroatoms. The monoisotopic (exact) mass is 308 g/mol. The zero-order chi connectivity index (χ0) is 12.1. The van der Waals surface area contributed by atoms with Crippen molar-refractivity contribution in [1.82, 2.24) is 0 Å². The SMILES string of the molecule is COc1ccc(OCC(Cl)C(=O)O)c(Br)c1. The van der Waals surface area contributed by atoms with Gasteiger partial charge in [-0.2, -0.15) is 0 Å². The minimum atomic E-state index is -1.11. The maximum Gasteiger partial charge on any atom is 0.325 e. The van der Waals surface area contributed by atoms with Crippen LogP contribution in [0.2, 0.25) is 0 Å². The second kappa shape index (κ2) is 5.96. The number of benzene rings is 1. The summed E-state index contributed by atoms with van der Waals surface area (Å²) >= 11 is 8.79. The predicted octanol–water partition coefficient (Wildman–Crippen LogP) is 2.53. The molecule has 1 aromatic carbocycles. The lowest BCUT2D eigenvalue weighted by molar-refractivity contribution is -0.137. The Balaban J connectivity index is 2.64. The van der Waals surface area contributed by atoms with Crippen LogP contribution in [0.4, 0.5) is 0 Å². The topological polar surface area (TPSA) is 55.8 Å². The molecule has 0 aliphatic heterocycles. The third kappa shape index (κ3) is 3.57. The summed E-state index contributed by atoms with van der Waals surface area (Å²) in [5.41, 5.74) is 0. The number of carbonyl (C=O) groups is 1. The Morgan fingerprint density at radius 2 is 2.31 bits per heavy atom. The van der Waals surface area contributed by atoms with Crippen molar-refractivity contribution >= 4 is 33.5 Å². The molecule has 1 atom stereocenters. The van der Waals surface area contributed by atoms with E-state index in [1.54, 1.807) is 25.3 Å². The summed E-state index contributed by atoms with van der Waals surface area (Å²) in [6, 6.07) is 5.11. The van der Waals surface area contributed by atoms with Crippen LogP contribution in [0.1, 0.15) is 0 Å². The number of carboxylic acids is 1. The molecular weight excluding hydrogens is 299 g/mol. The van der Waals surface area contributed by atoms with E-state index in [4.69, 9.17) is 26.2 Å². The van der Waals surface area contributed by atoms with Gasteiger partial charge in [-0.25, -0.2) is 0 Å². The van der Waals surface area contributed by atoms with E-state index in [0.717, 1.165) is 0 Å². The Bertz CT molecular complexity index is 383. The molecule has 16 heavy (non-hydrogen) atoms. The van der Waals surface area contributed by atoms with Crippen molar-refractivity contribution in [2.24, 2.45) is 0 Å². The van der Waals surface area contributed by atoms with Crippen LogP contribution in [-0.2, 0) is 4.79 Å². The molecule has 0 amide bonds. The zero-order valence-electron chi connectivity index (χ0n) is 8.44. The van der Waals surface area contributed by atoms with Gasteiger partial charge in [0.05, 0.1) is 11.6 Å². The highest BCUT2D eigenvalue weighted by atomic mass is 79.9. The third-order valence-corrected chi connectivity index (χ3v) is 2.72. The number of alkyl halides is 1. The highest BCUT2D eigenvalue weighted by molar-refractivity contribution is 9.10. The van der Waals surface area contributed by atoms with E-state index in [9.17, 15) is 4.79 Å². The van der Waals surface area contributed by atoms with Gasteiger partial charge in [-0.3, -0.25) is 4.79 Å². The molecule has 1 rings (SSSR count). The van der Waals surface area contributed by atoms with Gasteiger partial charge in [0.1, 0.15) is 18.1 Å². The molecule has 1 unspecified atom stereocenters. The maximum absolute atomic E-state index is 10.5. The minimum Gasteiger partial charge on any atom is -0.497 e. The van der Waals surface area contributed by atoms with Gasteiger partial charge in [-0.05, 0) is 34.1 Å². The number of hydrogen-bond acceptors (Lipinski definition) is 3. The summed E-state index contributed by atoms with van der Waals surface area (Å²) in [5.74, 6) is 0.0962. The van der Waals surface area contributed by atoms with Crippen LogP contribution in [0.3, 0.4) is 0 Å². The van der Waals surface area contributed by atoms with E-state index in [1.807, 2.05) is 0 Å². The molecule has 0 aliphatic carbocycles. The quantitative estimate of drug-likeness (QED) is 0.849. The lowest BCUT2D eigenvalue weighted by atomic mass is 10.3. The summed E-state index contributed by atoms with van der Waals surface area (Å²) in [7, 11) is 1.56. The summed E-state index contributed by atoms with van der Waals surface area (Å²) < 4.78 is 10.9. The number of ether oxygens (including phenoxy) is 2. The highest BCUT2D eigenvalue weighted by Gasteiger charge is 2.15. The summed E-state index contributed by atoms with van der Waals surface area (Å²) in [6.45, 7) is -0.0954. The zero-order valence-corrected chi connectivity index (χ0v) is 10.8. The lowest BCUT2D eigenvalue weighted by Crippen LogP contribution is -2.21. The number of carboxylic acid groups (broad SMARTS) is 1. The highest BCUT2D eigenvalue weighted by Crippen LogP contribution is 2.29. The van der Waals surface area contributed by atoms with E-state index in [2.05, 4.69) is 15.9 Å². The number of halogens is 2. The molecule has 0 fully saturated rings. The molecule has 88 valence electrons. The van der Waals surface area contributed by atoms with Crippen LogP contribution >= 0.6 is 27.5 Å². The first-order chi connectivity index (χ1) is 7.54. The summed E-state index contributed by atoms with van der Waals surface area (Å²) in [5, 5.41) is 7.51. The molecular formula is C10H10BrClO4.